The Morgan fingerprint density at radius 3 is 2.93 bits per heavy atom. The molecule has 0 aromatic rings. The van der Waals surface area contributed by atoms with Gasteiger partial charge in [0.2, 0.25) is 0 Å². The van der Waals surface area contributed by atoms with Crippen molar-refractivity contribution in [3.63, 3.8) is 0 Å². The Morgan fingerprint density at radius 1 is 1.43 bits per heavy atom. The van der Waals surface area contributed by atoms with E-state index in [0.717, 1.165) is 0 Å². The lowest BCUT2D eigenvalue weighted by Gasteiger charge is -2.40. The molecule has 14 heavy (non-hydrogen) atoms. The Kier molecular flexibility index (Phi) is 2.78. The summed E-state index contributed by atoms with van der Waals surface area (Å²) < 4.78 is 0. The maximum absolute atomic E-state index is 6.39. The van der Waals surface area contributed by atoms with Crippen LogP contribution in [-0.4, -0.2) is 5.54 Å². The predicted octanol–water partition coefficient (Wildman–Crippen LogP) is 3.17. The monoisotopic (exact) mass is 191 g/mol. The van der Waals surface area contributed by atoms with E-state index in [-0.39, 0.29) is 5.54 Å². The lowest BCUT2D eigenvalue weighted by atomic mass is 9.69. The molecule has 78 valence electrons. The summed E-state index contributed by atoms with van der Waals surface area (Å²) in [5, 5.41) is 0. The zero-order chi connectivity index (χ0) is 10.0. The minimum Gasteiger partial charge on any atom is -0.325 e. The van der Waals surface area contributed by atoms with Gasteiger partial charge in [-0.3, -0.25) is 0 Å². The fourth-order valence-electron chi connectivity index (χ4n) is 2.88. The first-order valence-electron chi connectivity index (χ1n) is 5.84. The summed E-state index contributed by atoms with van der Waals surface area (Å²) in [6, 6.07) is 0. The summed E-state index contributed by atoms with van der Waals surface area (Å²) in [6.07, 6.45) is 14.3. The van der Waals surface area contributed by atoms with Crippen molar-refractivity contribution >= 4 is 0 Å². The molecule has 2 aliphatic rings. The molecule has 2 rings (SSSR count). The highest BCUT2D eigenvalue weighted by Gasteiger charge is 2.34. The zero-order valence-corrected chi connectivity index (χ0v) is 9.13. The topological polar surface area (TPSA) is 26.0 Å². The van der Waals surface area contributed by atoms with Crippen LogP contribution in [0.1, 0.15) is 45.4 Å². The van der Waals surface area contributed by atoms with Crippen LogP contribution in [0.4, 0.5) is 0 Å². The molecular formula is C13H21N. The van der Waals surface area contributed by atoms with Crippen LogP contribution in [0.5, 0.6) is 0 Å². The molecular weight excluding hydrogens is 170 g/mol. The molecule has 0 spiro atoms. The lowest BCUT2D eigenvalue weighted by Crippen LogP contribution is -2.47. The minimum absolute atomic E-state index is 0.0509. The van der Waals surface area contributed by atoms with Gasteiger partial charge in [0.1, 0.15) is 0 Å². The number of nitrogens with two attached hydrogens (primary N) is 1. The first-order valence-corrected chi connectivity index (χ1v) is 5.84. The van der Waals surface area contributed by atoms with Crippen LogP contribution in [0.15, 0.2) is 23.8 Å². The van der Waals surface area contributed by atoms with Crippen LogP contribution in [-0.2, 0) is 0 Å². The van der Waals surface area contributed by atoms with Gasteiger partial charge in [-0.15, -0.1) is 0 Å². The number of allylic oxidation sites excluding steroid dienone is 3. The van der Waals surface area contributed by atoms with Crippen LogP contribution in [0.3, 0.4) is 0 Å². The zero-order valence-electron chi connectivity index (χ0n) is 9.13. The molecule has 0 aliphatic heterocycles. The van der Waals surface area contributed by atoms with Crippen LogP contribution < -0.4 is 5.73 Å². The van der Waals surface area contributed by atoms with E-state index >= 15 is 0 Å². The fraction of sp³-hybridized carbons (Fsp3) is 0.692. The van der Waals surface area contributed by atoms with Crippen molar-refractivity contribution in [1.82, 2.24) is 0 Å². The summed E-state index contributed by atoms with van der Waals surface area (Å²) in [6.45, 7) is 2.23. The summed E-state index contributed by atoms with van der Waals surface area (Å²) in [5.74, 6) is 0.640. The van der Waals surface area contributed by atoms with Crippen LogP contribution >= 0.6 is 0 Å². The first-order chi connectivity index (χ1) is 6.70. The molecule has 0 amide bonds. The fourth-order valence-corrected chi connectivity index (χ4v) is 2.88. The molecule has 1 nitrogen and oxygen atoms in total. The molecule has 2 N–H and O–H groups in total. The number of hydrogen-bond acceptors (Lipinski definition) is 1. The summed E-state index contributed by atoms with van der Waals surface area (Å²) >= 11 is 0. The van der Waals surface area contributed by atoms with Crippen molar-refractivity contribution in [3.8, 4) is 0 Å². The van der Waals surface area contributed by atoms with E-state index in [1.807, 2.05) is 0 Å². The standard InChI is InChI=1S/C13H21N/c1-13(14)10-6-5-9-12(13)11-7-3-2-4-8-11/h2-3,7,12H,4-6,8-10,14H2,1H3. The van der Waals surface area contributed by atoms with Gasteiger partial charge in [0, 0.05) is 5.54 Å². The number of hydrogen-bond donors (Lipinski definition) is 1. The van der Waals surface area contributed by atoms with Crippen molar-refractivity contribution in [2.75, 3.05) is 0 Å². The van der Waals surface area contributed by atoms with Crippen LogP contribution in [0, 0.1) is 5.92 Å². The second kappa shape index (κ2) is 3.90. The molecule has 1 saturated carbocycles. The van der Waals surface area contributed by atoms with Gasteiger partial charge in [-0.25, -0.2) is 0 Å². The third-order valence-electron chi connectivity index (χ3n) is 3.75. The first kappa shape index (κ1) is 9.97. The molecule has 0 bridgehead atoms. The van der Waals surface area contributed by atoms with E-state index < -0.39 is 0 Å². The van der Waals surface area contributed by atoms with Crippen LogP contribution in [0.25, 0.3) is 0 Å². The molecule has 1 fully saturated rings. The molecule has 1 heteroatoms. The Balaban J connectivity index is 2.14. The average molecular weight is 191 g/mol. The summed E-state index contributed by atoms with van der Waals surface area (Å²) in [5.41, 5.74) is 8.03. The van der Waals surface area contributed by atoms with Crippen molar-refractivity contribution in [3.05, 3.63) is 23.8 Å². The predicted molar refractivity (Wildman–Crippen MR) is 61.0 cm³/mol. The highest BCUT2D eigenvalue weighted by Crippen LogP contribution is 2.38. The Bertz CT molecular complexity index is 260. The van der Waals surface area contributed by atoms with E-state index in [1.54, 1.807) is 5.57 Å². The van der Waals surface area contributed by atoms with Crippen molar-refractivity contribution in [1.29, 1.82) is 0 Å². The highest BCUT2D eigenvalue weighted by atomic mass is 14.8. The van der Waals surface area contributed by atoms with Crippen molar-refractivity contribution < 1.29 is 0 Å². The number of rotatable bonds is 1. The summed E-state index contributed by atoms with van der Waals surface area (Å²) in [4.78, 5) is 0. The maximum atomic E-state index is 6.39. The smallest absolute Gasteiger partial charge is 0.0191 e. The van der Waals surface area contributed by atoms with E-state index in [1.165, 1.54) is 38.5 Å². The van der Waals surface area contributed by atoms with Gasteiger partial charge < -0.3 is 5.73 Å². The molecule has 0 aromatic heterocycles. The largest absolute Gasteiger partial charge is 0.325 e. The normalized spacial score (nSPS) is 38.1. The van der Waals surface area contributed by atoms with Gasteiger partial charge in [-0.2, -0.15) is 0 Å². The third kappa shape index (κ3) is 1.93. The second-order valence-corrected chi connectivity index (χ2v) is 5.01. The molecule has 0 aromatic carbocycles. The van der Waals surface area contributed by atoms with Gasteiger partial charge in [0.15, 0.2) is 0 Å². The van der Waals surface area contributed by atoms with E-state index in [9.17, 15) is 0 Å². The van der Waals surface area contributed by atoms with Crippen molar-refractivity contribution in [2.45, 2.75) is 51.0 Å². The average Bonchev–Trinajstić information content (AvgIpc) is 2.18. The highest BCUT2D eigenvalue weighted by molar-refractivity contribution is 5.23. The van der Waals surface area contributed by atoms with E-state index in [2.05, 4.69) is 25.2 Å². The summed E-state index contributed by atoms with van der Waals surface area (Å²) in [7, 11) is 0. The minimum atomic E-state index is 0.0509. The van der Waals surface area contributed by atoms with Gasteiger partial charge in [0.05, 0.1) is 0 Å². The Morgan fingerprint density at radius 2 is 2.29 bits per heavy atom. The second-order valence-electron chi connectivity index (χ2n) is 5.01. The van der Waals surface area contributed by atoms with Crippen molar-refractivity contribution in [2.24, 2.45) is 11.7 Å². The van der Waals surface area contributed by atoms with E-state index in [0.29, 0.717) is 5.92 Å². The van der Waals surface area contributed by atoms with Gasteiger partial charge in [-0.05, 0) is 38.5 Å². The Hall–Kier alpha value is -0.560. The lowest BCUT2D eigenvalue weighted by molar-refractivity contribution is 0.236. The molecule has 2 aliphatic carbocycles. The maximum Gasteiger partial charge on any atom is 0.0191 e. The van der Waals surface area contributed by atoms with Gasteiger partial charge in [0.25, 0.3) is 0 Å². The third-order valence-corrected chi connectivity index (χ3v) is 3.75. The van der Waals surface area contributed by atoms with Crippen LogP contribution in [0.2, 0.25) is 0 Å². The van der Waals surface area contributed by atoms with E-state index in [4.69, 9.17) is 5.73 Å². The van der Waals surface area contributed by atoms with Gasteiger partial charge >= 0.3 is 0 Å². The molecule has 2 unspecified atom stereocenters. The van der Waals surface area contributed by atoms with Gasteiger partial charge in [-0.1, -0.05) is 36.6 Å². The molecule has 2 atom stereocenters. The SMILES string of the molecule is CC1(N)CCCCC1C1=CC=CCC1. The molecule has 0 radical (unpaired) electrons. The molecule has 0 heterocycles. The quantitative estimate of drug-likeness (QED) is 0.677. The molecule has 0 saturated heterocycles. The Labute approximate surface area is 87.1 Å².